The first-order valence-corrected chi connectivity index (χ1v) is 8.60. The minimum Gasteiger partial charge on any atom is -0.480 e. The zero-order valence-corrected chi connectivity index (χ0v) is 14.8. The van der Waals surface area contributed by atoms with Gasteiger partial charge in [-0.15, -0.1) is 10.2 Å². The van der Waals surface area contributed by atoms with Crippen LogP contribution in [0.2, 0.25) is 0 Å². The summed E-state index contributed by atoms with van der Waals surface area (Å²) in [4.78, 5) is 23.9. The summed E-state index contributed by atoms with van der Waals surface area (Å²) in [6.45, 7) is 3.45. The van der Waals surface area contributed by atoms with Gasteiger partial charge in [-0.1, -0.05) is 37.3 Å². The fourth-order valence-electron chi connectivity index (χ4n) is 3.18. The molecular formula is C19H17N5O3. The topological polar surface area (TPSA) is 102 Å². The lowest BCUT2D eigenvalue weighted by Crippen LogP contribution is -2.28. The largest absolute Gasteiger partial charge is 0.480 e. The van der Waals surface area contributed by atoms with Gasteiger partial charge in [0.1, 0.15) is 11.6 Å². The van der Waals surface area contributed by atoms with E-state index in [0.717, 1.165) is 21.4 Å². The molecule has 8 nitrogen and oxygen atoms in total. The van der Waals surface area contributed by atoms with Crippen LogP contribution >= 0.6 is 0 Å². The molecule has 136 valence electrons. The number of aryl methyl sites for hydroxylation is 1. The summed E-state index contributed by atoms with van der Waals surface area (Å²) in [6.07, 6.45) is 2.16. The van der Waals surface area contributed by atoms with Gasteiger partial charge in [0.2, 0.25) is 0 Å². The Kier molecular flexibility index (Phi) is 3.95. The molecule has 0 aliphatic carbocycles. The molecule has 0 fully saturated rings. The van der Waals surface area contributed by atoms with Crippen molar-refractivity contribution in [3.05, 3.63) is 58.6 Å². The van der Waals surface area contributed by atoms with Crippen LogP contribution in [-0.2, 0) is 11.2 Å². The van der Waals surface area contributed by atoms with Crippen molar-refractivity contribution in [1.82, 2.24) is 24.4 Å². The molecule has 0 aliphatic heterocycles. The Hall–Kier alpha value is -3.55. The number of aromatic nitrogens is 5. The third kappa shape index (κ3) is 2.57. The molecule has 0 unspecified atom stereocenters. The van der Waals surface area contributed by atoms with E-state index < -0.39 is 17.6 Å². The molecule has 0 aliphatic rings. The molecule has 3 heterocycles. The Morgan fingerprint density at radius 1 is 1.19 bits per heavy atom. The Morgan fingerprint density at radius 2 is 1.93 bits per heavy atom. The minimum absolute atomic E-state index is 0.0860. The summed E-state index contributed by atoms with van der Waals surface area (Å²) in [7, 11) is 0. The summed E-state index contributed by atoms with van der Waals surface area (Å²) in [6, 6.07) is 10.4. The molecule has 3 aromatic heterocycles. The molecule has 0 bridgehead atoms. The van der Waals surface area contributed by atoms with Gasteiger partial charge in [-0.25, -0.2) is 9.31 Å². The molecule has 8 heteroatoms. The third-order valence-corrected chi connectivity index (χ3v) is 4.65. The van der Waals surface area contributed by atoms with Gasteiger partial charge in [0, 0.05) is 6.20 Å². The van der Waals surface area contributed by atoms with E-state index in [9.17, 15) is 14.7 Å². The van der Waals surface area contributed by atoms with Crippen LogP contribution in [0.15, 0.2) is 47.4 Å². The number of rotatable bonds is 4. The van der Waals surface area contributed by atoms with E-state index in [4.69, 9.17) is 0 Å². The smallest absolute Gasteiger partial charge is 0.326 e. The third-order valence-electron chi connectivity index (χ3n) is 4.65. The number of carbonyl (C=O) groups is 1. The second-order valence-electron chi connectivity index (χ2n) is 6.25. The van der Waals surface area contributed by atoms with E-state index in [1.807, 2.05) is 37.3 Å². The SMILES string of the molecule is CCc1nn2c(nnc3c(=O)n([C@@H](C)C(=O)O)ccc32)c1-c1ccccc1. The number of carboxylic acid groups (broad SMARTS) is 1. The fourth-order valence-corrected chi connectivity index (χ4v) is 3.18. The van der Waals surface area contributed by atoms with Crippen LogP contribution in [0.1, 0.15) is 25.6 Å². The van der Waals surface area contributed by atoms with Crippen molar-refractivity contribution in [3.63, 3.8) is 0 Å². The number of hydrogen-bond donors (Lipinski definition) is 1. The average Bonchev–Trinajstić information content (AvgIpc) is 3.07. The highest BCUT2D eigenvalue weighted by atomic mass is 16.4. The van der Waals surface area contributed by atoms with Gasteiger partial charge in [-0.3, -0.25) is 9.36 Å². The van der Waals surface area contributed by atoms with Gasteiger partial charge in [-0.2, -0.15) is 5.10 Å². The summed E-state index contributed by atoms with van der Waals surface area (Å²) in [5.41, 5.74) is 3.35. The normalized spacial score (nSPS) is 12.5. The molecule has 1 atom stereocenters. The number of nitrogens with zero attached hydrogens (tertiary/aromatic N) is 5. The molecule has 4 rings (SSSR count). The van der Waals surface area contributed by atoms with Crippen molar-refractivity contribution in [2.45, 2.75) is 26.3 Å². The van der Waals surface area contributed by atoms with E-state index in [1.54, 1.807) is 10.6 Å². The van der Waals surface area contributed by atoms with Crippen LogP contribution in [0.3, 0.4) is 0 Å². The van der Waals surface area contributed by atoms with Gasteiger partial charge in [-0.05, 0) is 25.0 Å². The number of hydrogen-bond acceptors (Lipinski definition) is 5. The lowest BCUT2D eigenvalue weighted by atomic mass is 10.0. The van der Waals surface area contributed by atoms with Crippen molar-refractivity contribution in [1.29, 1.82) is 0 Å². The standard InChI is InChI=1S/C19H17N5O3/c1-3-13-15(12-7-5-4-6-8-12)17-21-20-16-14(24(17)22-13)9-10-23(18(16)25)11(2)19(26)27/h4-11H,3H2,1-2H3,(H,26,27)/t11-/m0/s1. The molecule has 0 radical (unpaired) electrons. The lowest BCUT2D eigenvalue weighted by molar-refractivity contribution is -0.140. The highest BCUT2D eigenvalue weighted by Gasteiger charge is 2.21. The summed E-state index contributed by atoms with van der Waals surface area (Å²) >= 11 is 0. The zero-order chi connectivity index (χ0) is 19.1. The predicted molar refractivity (Wildman–Crippen MR) is 99.7 cm³/mol. The van der Waals surface area contributed by atoms with Crippen LogP contribution < -0.4 is 5.56 Å². The second kappa shape index (κ2) is 6.31. The first kappa shape index (κ1) is 16.9. The van der Waals surface area contributed by atoms with Crippen LogP contribution in [-0.4, -0.2) is 35.5 Å². The first-order chi connectivity index (χ1) is 13.0. The maximum absolute atomic E-state index is 12.7. The predicted octanol–water partition coefficient (Wildman–Crippen LogP) is 2.31. The van der Waals surface area contributed by atoms with Gasteiger partial charge < -0.3 is 5.11 Å². The summed E-state index contributed by atoms with van der Waals surface area (Å²) in [5.74, 6) is -1.09. The number of aliphatic carboxylic acids is 1. The first-order valence-electron chi connectivity index (χ1n) is 8.60. The molecule has 4 aromatic rings. The molecular weight excluding hydrogens is 346 g/mol. The maximum atomic E-state index is 12.7. The average molecular weight is 363 g/mol. The monoisotopic (exact) mass is 363 g/mol. The summed E-state index contributed by atoms with van der Waals surface area (Å²) < 4.78 is 2.74. The molecule has 0 saturated carbocycles. The Labute approximate surface area is 153 Å². The van der Waals surface area contributed by atoms with E-state index in [0.29, 0.717) is 17.6 Å². The van der Waals surface area contributed by atoms with Crippen molar-refractivity contribution >= 4 is 22.6 Å². The molecule has 0 amide bonds. The van der Waals surface area contributed by atoms with Gasteiger partial charge >= 0.3 is 5.97 Å². The van der Waals surface area contributed by atoms with E-state index in [-0.39, 0.29) is 5.52 Å². The highest BCUT2D eigenvalue weighted by Crippen LogP contribution is 2.28. The number of carboxylic acids is 1. The van der Waals surface area contributed by atoms with Crippen molar-refractivity contribution < 1.29 is 9.90 Å². The van der Waals surface area contributed by atoms with Crippen LogP contribution in [0.25, 0.3) is 27.8 Å². The van der Waals surface area contributed by atoms with Gasteiger partial charge in [0.25, 0.3) is 5.56 Å². The Morgan fingerprint density at radius 3 is 2.59 bits per heavy atom. The minimum atomic E-state index is -1.09. The number of benzene rings is 1. The lowest BCUT2D eigenvalue weighted by Gasteiger charge is -2.11. The quantitative estimate of drug-likeness (QED) is 0.597. The van der Waals surface area contributed by atoms with Crippen molar-refractivity contribution in [2.24, 2.45) is 0 Å². The molecule has 1 N–H and O–H groups in total. The van der Waals surface area contributed by atoms with Crippen LogP contribution in [0.4, 0.5) is 0 Å². The van der Waals surface area contributed by atoms with Gasteiger partial charge in [0.15, 0.2) is 11.2 Å². The van der Waals surface area contributed by atoms with Gasteiger partial charge in [0.05, 0.1) is 11.3 Å². The Balaban J connectivity index is 2.03. The van der Waals surface area contributed by atoms with Crippen LogP contribution in [0, 0.1) is 0 Å². The molecule has 0 spiro atoms. The van der Waals surface area contributed by atoms with Crippen molar-refractivity contribution in [2.75, 3.05) is 0 Å². The molecule has 0 saturated heterocycles. The van der Waals surface area contributed by atoms with E-state index in [1.165, 1.54) is 13.1 Å². The van der Waals surface area contributed by atoms with Crippen LogP contribution in [0.5, 0.6) is 0 Å². The number of pyridine rings is 1. The van der Waals surface area contributed by atoms with E-state index in [2.05, 4.69) is 15.3 Å². The molecule has 27 heavy (non-hydrogen) atoms. The highest BCUT2D eigenvalue weighted by molar-refractivity contribution is 5.84. The van der Waals surface area contributed by atoms with Crippen molar-refractivity contribution in [3.8, 4) is 11.1 Å². The van der Waals surface area contributed by atoms with E-state index >= 15 is 0 Å². The summed E-state index contributed by atoms with van der Waals surface area (Å²) in [5, 5.41) is 22.2. The Bertz CT molecular complexity index is 1230. The maximum Gasteiger partial charge on any atom is 0.326 e. The fraction of sp³-hybridized carbons (Fsp3) is 0.211. The second-order valence-corrected chi connectivity index (χ2v) is 6.25. The number of fused-ring (bicyclic) bond motifs is 3. The molecule has 1 aromatic carbocycles. The zero-order valence-electron chi connectivity index (χ0n) is 14.8.